The first-order valence-corrected chi connectivity index (χ1v) is 18.8. The van der Waals surface area contributed by atoms with Crippen LogP contribution in [-0.4, -0.2) is 19.5 Å². The number of furan rings is 1. The van der Waals surface area contributed by atoms with Crippen LogP contribution in [0.15, 0.2) is 199 Å². The molecule has 0 unspecified atom stereocenters. The summed E-state index contributed by atoms with van der Waals surface area (Å²) in [5, 5.41) is 4.58. The highest BCUT2D eigenvalue weighted by molar-refractivity contribution is 6.13. The second kappa shape index (κ2) is 13.0. The highest BCUT2D eigenvalue weighted by Gasteiger charge is 2.19. The van der Waals surface area contributed by atoms with Crippen LogP contribution in [0.25, 0.3) is 106 Å². The molecule has 5 heteroatoms. The second-order valence-electron chi connectivity index (χ2n) is 14.0. The molecule has 0 radical (unpaired) electrons. The third-order valence-corrected chi connectivity index (χ3v) is 10.7. The number of para-hydroxylation sites is 2. The molecule has 262 valence electrons. The molecule has 3 heterocycles. The third kappa shape index (κ3) is 5.29. The van der Waals surface area contributed by atoms with E-state index in [9.17, 15) is 0 Å². The van der Waals surface area contributed by atoms with Crippen molar-refractivity contribution in [2.24, 2.45) is 0 Å². The molecule has 0 saturated heterocycles. The van der Waals surface area contributed by atoms with E-state index in [1.165, 1.54) is 5.39 Å². The Balaban J connectivity index is 1.11. The predicted octanol–water partition coefficient (Wildman–Crippen LogP) is 13.2. The molecule has 0 aliphatic rings. The fraction of sp³-hybridized carbons (Fsp3) is 0. The number of hydrogen-bond acceptors (Lipinski definition) is 4. The van der Waals surface area contributed by atoms with Gasteiger partial charge in [-0.05, 0) is 58.7 Å². The number of fused-ring (bicyclic) bond motifs is 6. The Morgan fingerprint density at radius 2 is 0.929 bits per heavy atom. The minimum Gasteiger partial charge on any atom is -0.456 e. The fourth-order valence-electron chi connectivity index (χ4n) is 8.10. The molecule has 11 aromatic rings. The van der Waals surface area contributed by atoms with Gasteiger partial charge in [-0.15, -0.1) is 0 Å². The Morgan fingerprint density at radius 1 is 0.339 bits per heavy atom. The molecule has 3 aromatic heterocycles. The standard InChI is InChI=1S/C51H32N4O/c1-3-15-33(16-4-1)38-21-7-8-23-42(38)51-53-49(34-17-5-2-6-18-34)52-50(54-51)36-29-30-41-40-22-9-11-26-44(40)55(45(41)32-36)37-20-13-19-35(31-37)39-25-14-28-47-48(39)43-24-10-12-27-46(43)56-47/h1-32H. The first-order valence-electron chi connectivity index (χ1n) is 18.8. The van der Waals surface area contributed by atoms with Gasteiger partial charge in [-0.25, -0.2) is 15.0 Å². The van der Waals surface area contributed by atoms with Gasteiger partial charge in [0.15, 0.2) is 17.5 Å². The third-order valence-electron chi connectivity index (χ3n) is 10.7. The number of benzene rings is 8. The van der Waals surface area contributed by atoms with Gasteiger partial charge in [0.05, 0.1) is 11.0 Å². The van der Waals surface area contributed by atoms with E-state index >= 15 is 0 Å². The van der Waals surface area contributed by atoms with Crippen LogP contribution in [0.4, 0.5) is 0 Å². The van der Waals surface area contributed by atoms with Crippen LogP contribution in [-0.2, 0) is 0 Å². The first-order chi connectivity index (χ1) is 27.8. The number of hydrogen-bond donors (Lipinski definition) is 0. The molecule has 56 heavy (non-hydrogen) atoms. The molecule has 0 aliphatic carbocycles. The van der Waals surface area contributed by atoms with E-state index in [1.54, 1.807) is 0 Å². The maximum Gasteiger partial charge on any atom is 0.164 e. The zero-order valence-corrected chi connectivity index (χ0v) is 30.2. The molecule has 0 saturated carbocycles. The van der Waals surface area contributed by atoms with Gasteiger partial charge in [0.1, 0.15) is 11.2 Å². The van der Waals surface area contributed by atoms with Crippen LogP contribution in [0.2, 0.25) is 0 Å². The van der Waals surface area contributed by atoms with E-state index in [0.29, 0.717) is 17.5 Å². The summed E-state index contributed by atoms with van der Waals surface area (Å²) in [6, 6.07) is 67.4. The Kier molecular flexibility index (Phi) is 7.42. The van der Waals surface area contributed by atoms with E-state index in [1.807, 2.05) is 60.7 Å². The summed E-state index contributed by atoms with van der Waals surface area (Å²) in [5.74, 6) is 1.87. The van der Waals surface area contributed by atoms with Crippen molar-refractivity contribution in [3.05, 3.63) is 194 Å². The molecule has 0 atom stereocenters. The summed E-state index contributed by atoms with van der Waals surface area (Å²) in [5.41, 5.74) is 12.3. The molecular formula is C51H32N4O. The molecule has 0 aliphatic heterocycles. The van der Waals surface area contributed by atoms with Crippen LogP contribution >= 0.6 is 0 Å². The predicted molar refractivity (Wildman–Crippen MR) is 229 cm³/mol. The van der Waals surface area contributed by atoms with Crippen molar-refractivity contribution in [1.29, 1.82) is 0 Å². The average molecular weight is 717 g/mol. The maximum absolute atomic E-state index is 6.27. The van der Waals surface area contributed by atoms with Gasteiger partial charge < -0.3 is 8.98 Å². The summed E-state index contributed by atoms with van der Waals surface area (Å²) in [6.07, 6.45) is 0. The monoisotopic (exact) mass is 716 g/mol. The van der Waals surface area contributed by atoms with E-state index in [-0.39, 0.29) is 0 Å². The Hall–Kier alpha value is -7.63. The fourth-order valence-corrected chi connectivity index (χ4v) is 8.10. The van der Waals surface area contributed by atoms with E-state index < -0.39 is 0 Å². The number of aromatic nitrogens is 4. The SMILES string of the molecule is c1ccc(-c2nc(-c3ccc4c5ccccc5n(-c5cccc(-c6cccc7oc8ccccc8c67)c5)c4c3)nc(-c3ccccc3-c3ccccc3)n2)cc1. The Labute approximate surface area is 322 Å². The highest BCUT2D eigenvalue weighted by Crippen LogP contribution is 2.40. The normalized spacial score (nSPS) is 11.6. The van der Waals surface area contributed by atoms with Crippen molar-refractivity contribution in [3.63, 3.8) is 0 Å². The van der Waals surface area contributed by atoms with Crippen molar-refractivity contribution in [2.45, 2.75) is 0 Å². The molecule has 11 rings (SSSR count). The second-order valence-corrected chi connectivity index (χ2v) is 14.0. The van der Waals surface area contributed by atoms with Crippen molar-refractivity contribution >= 4 is 43.7 Å². The number of nitrogens with zero attached hydrogens (tertiary/aromatic N) is 4. The molecule has 8 aromatic carbocycles. The first kappa shape index (κ1) is 31.9. The maximum atomic E-state index is 6.27. The average Bonchev–Trinajstić information content (AvgIpc) is 3.82. The van der Waals surface area contributed by atoms with Crippen molar-refractivity contribution in [2.75, 3.05) is 0 Å². The van der Waals surface area contributed by atoms with Gasteiger partial charge >= 0.3 is 0 Å². The zero-order valence-electron chi connectivity index (χ0n) is 30.2. The minimum absolute atomic E-state index is 0.614. The molecular weight excluding hydrogens is 685 g/mol. The van der Waals surface area contributed by atoms with Gasteiger partial charge in [0.2, 0.25) is 0 Å². The summed E-state index contributed by atoms with van der Waals surface area (Å²) < 4.78 is 8.63. The van der Waals surface area contributed by atoms with Gasteiger partial charge in [-0.2, -0.15) is 0 Å². The topological polar surface area (TPSA) is 56.7 Å². The lowest BCUT2D eigenvalue weighted by molar-refractivity contribution is 0.669. The van der Waals surface area contributed by atoms with Crippen LogP contribution in [0.1, 0.15) is 0 Å². The van der Waals surface area contributed by atoms with Crippen LogP contribution in [0.3, 0.4) is 0 Å². The quantitative estimate of drug-likeness (QED) is 0.172. The van der Waals surface area contributed by atoms with Crippen LogP contribution in [0.5, 0.6) is 0 Å². The van der Waals surface area contributed by atoms with Crippen molar-refractivity contribution < 1.29 is 4.42 Å². The lowest BCUT2D eigenvalue weighted by Crippen LogP contribution is -2.01. The largest absolute Gasteiger partial charge is 0.456 e. The summed E-state index contributed by atoms with van der Waals surface area (Å²) in [6.45, 7) is 0. The number of rotatable bonds is 6. The summed E-state index contributed by atoms with van der Waals surface area (Å²) in [7, 11) is 0. The smallest absolute Gasteiger partial charge is 0.164 e. The highest BCUT2D eigenvalue weighted by atomic mass is 16.3. The van der Waals surface area contributed by atoms with Gasteiger partial charge in [0.25, 0.3) is 0 Å². The lowest BCUT2D eigenvalue weighted by Gasteiger charge is -2.13. The van der Waals surface area contributed by atoms with Gasteiger partial charge in [-0.3, -0.25) is 0 Å². The van der Waals surface area contributed by atoms with Gasteiger partial charge in [-0.1, -0.05) is 158 Å². The molecule has 0 bridgehead atoms. The molecule has 5 nitrogen and oxygen atoms in total. The molecule has 0 N–H and O–H groups in total. The van der Waals surface area contributed by atoms with Crippen molar-refractivity contribution in [1.82, 2.24) is 19.5 Å². The summed E-state index contributed by atoms with van der Waals surface area (Å²) >= 11 is 0. The Bertz CT molecular complexity index is 3250. The van der Waals surface area contributed by atoms with E-state index in [4.69, 9.17) is 19.4 Å². The van der Waals surface area contributed by atoms with Crippen molar-refractivity contribution in [3.8, 4) is 62.1 Å². The molecule has 0 spiro atoms. The minimum atomic E-state index is 0.614. The van der Waals surface area contributed by atoms with Crippen LogP contribution < -0.4 is 0 Å². The molecule has 0 amide bonds. The van der Waals surface area contributed by atoms with Crippen LogP contribution in [0, 0.1) is 0 Å². The zero-order chi connectivity index (χ0) is 37.0. The lowest BCUT2D eigenvalue weighted by atomic mass is 9.99. The van der Waals surface area contributed by atoms with E-state index in [2.05, 4.69) is 138 Å². The van der Waals surface area contributed by atoms with Gasteiger partial charge in [0, 0.05) is 43.9 Å². The van der Waals surface area contributed by atoms with E-state index in [0.717, 1.165) is 83.0 Å². The molecule has 0 fully saturated rings. The summed E-state index contributed by atoms with van der Waals surface area (Å²) in [4.78, 5) is 15.4. The Morgan fingerprint density at radius 3 is 1.77 bits per heavy atom.